The van der Waals surface area contributed by atoms with E-state index >= 15 is 0 Å². The molecule has 2 heterocycles. The van der Waals surface area contributed by atoms with Gasteiger partial charge in [0.2, 0.25) is 5.95 Å². The quantitative estimate of drug-likeness (QED) is 0.471. The molecule has 0 fully saturated rings. The van der Waals surface area contributed by atoms with Crippen molar-refractivity contribution in [2.45, 2.75) is 0 Å². The highest BCUT2D eigenvalue weighted by atomic mass is 32.1. The van der Waals surface area contributed by atoms with Crippen molar-refractivity contribution >= 4 is 34.4 Å². The average molecular weight is 238 g/mol. The second kappa shape index (κ2) is 4.06. The molecule has 2 aromatic heterocycles. The Morgan fingerprint density at radius 1 is 1.62 bits per heavy atom. The largest absolute Gasteiger partial charge is 0.368 e. The van der Waals surface area contributed by atoms with Crippen LogP contribution in [0, 0.1) is 10.1 Å². The van der Waals surface area contributed by atoms with Gasteiger partial charge in [-0.3, -0.25) is 10.1 Å². The van der Waals surface area contributed by atoms with Crippen LogP contribution < -0.4 is 5.73 Å². The molecular weight excluding hydrogens is 232 g/mol. The molecule has 3 N–H and O–H groups in total. The first-order valence-electron chi connectivity index (χ1n) is 4.11. The molecule has 0 amide bonds. The Labute approximate surface area is 93.0 Å². The maximum atomic E-state index is 10.4. The van der Waals surface area contributed by atoms with E-state index in [0.717, 1.165) is 11.3 Å². The van der Waals surface area contributed by atoms with Crippen LogP contribution in [0.15, 0.2) is 17.1 Å². The van der Waals surface area contributed by atoms with Crippen molar-refractivity contribution in [2.24, 2.45) is 4.99 Å². The number of hydrogen-bond acceptors (Lipinski definition) is 7. The minimum Gasteiger partial charge on any atom is -0.368 e. The second-order valence-electron chi connectivity index (χ2n) is 2.71. The third-order valence-electron chi connectivity index (χ3n) is 1.59. The summed E-state index contributed by atoms with van der Waals surface area (Å²) in [7, 11) is 0. The number of thiophene rings is 1. The van der Waals surface area contributed by atoms with E-state index in [-0.39, 0.29) is 16.9 Å². The summed E-state index contributed by atoms with van der Waals surface area (Å²) >= 11 is 1.02. The molecule has 8 nitrogen and oxygen atoms in total. The normalized spacial score (nSPS) is 11.0. The number of anilines is 1. The van der Waals surface area contributed by atoms with Gasteiger partial charge in [-0.1, -0.05) is 11.3 Å². The molecule has 0 radical (unpaired) electrons. The molecule has 0 unspecified atom stereocenters. The minimum absolute atomic E-state index is 0.0657. The lowest BCUT2D eigenvalue weighted by Gasteiger charge is -1.81. The monoisotopic (exact) mass is 238 g/mol. The third-order valence-corrected chi connectivity index (χ3v) is 2.56. The highest BCUT2D eigenvalue weighted by Gasteiger charge is 2.08. The van der Waals surface area contributed by atoms with Gasteiger partial charge in [0.05, 0.1) is 9.80 Å². The van der Waals surface area contributed by atoms with Crippen molar-refractivity contribution in [1.29, 1.82) is 0 Å². The number of nitro groups is 1. The molecule has 9 heteroatoms. The molecule has 16 heavy (non-hydrogen) atoms. The number of rotatable bonds is 3. The smallest absolute Gasteiger partial charge is 0.324 e. The Balaban J connectivity index is 2.14. The van der Waals surface area contributed by atoms with Gasteiger partial charge in [-0.15, -0.1) is 5.10 Å². The van der Waals surface area contributed by atoms with Gasteiger partial charge in [0, 0.05) is 12.3 Å². The zero-order valence-corrected chi connectivity index (χ0v) is 8.64. The molecular formula is C7H6N6O2S. The summed E-state index contributed by atoms with van der Waals surface area (Å²) in [6.07, 6.45) is 1.44. The zero-order chi connectivity index (χ0) is 11.5. The van der Waals surface area contributed by atoms with Crippen molar-refractivity contribution in [3.8, 4) is 0 Å². The summed E-state index contributed by atoms with van der Waals surface area (Å²) < 4.78 is 0. The fourth-order valence-electron chi connectivity index (χ4n) is 0.954. The highest BCUT2D eigenvalue weighted by molar-refractivity contribution is 7.16. The Hall–Kier alpha value is -2.29. The van der Waals surface area contributed by atoms with Crippen LogP contribution in [-0.4, -0.2) is 26.3 Å². The summed E-state index contributed by atoms with van der Waals surface area (Å²) in [4.78, 5) is 18.3. The summed E-state index contributed by atoms with van der Waals surface area (Å²) in [6.45, 7) is 0. The van der Waals surface area contributed by atoms with Crippen LogP contribution in [0.2, 0.25) is 0 Å². The van der Waals surface area contributed by atoms with Crippen LogP contribution in [0.5, 0.6) is 0 Å². The Kier molecular flexibility index (Phi) is 2.60. The van der Waals surface area contributed by atoms with Crippen molar-refractivity contribution in [3.05, 3.63) is 27.1 Å². The van der Waals surface area contributed by atoms with Crippen LogP contribution in [0.25, 0.3) is 0 Å². The number of nitrogens with two attached hydrogens (primary N) is 1. The van der Waals surface area contributed by atoms with Crippen molar-refractivity contribution in [3.63, 3.8) is 0 Å². The van der Waals surface area contributed by atoms with Gasteiger partial charge < -0.3 is 5.73 Å². The molecule has 82 valence electrons. The Bertz CT molecular complexity index is 545. The van der Waals surface area contributed by atoms with E-state index in [1.165, 1.54) is 12.3 Å². The molecule has 0 aliphatic carbocycles. The number of nitrogens with zero attached hydrogens (tertiary/aromatic N) is 4. The van der Waals surface area contributed by atoms with Crippen LogP contribution in [0.1, 0.15) is 4.88 Å². The van der Waals surface area contributed by atoms with Gasteiger partial charge >= 0.3 is 5.00 Å². The lowest BCUT2D eigenvalue weighted by atomic mass is 10.5. The standard InChI is InChI=1S/C7H6N6O2S/c8-6-10-7(12-11-6)9-3-4-1-2-5(16-4)13(14)15/h1-3H,(H3,8,10,11,12)/b9-3+. The van der Waals surface area contributed by atoms with Crippen molar-refractivity contribution < 1.29 is 4.92 Å². The first kappa shape index (κ1) is 10.2. The summed E-state index contributed by atoms with van der Waals surface area (Å²) in [6, 6.07) is 3.01. The summed E-state index contributed by atoms with van der Waals surface area (Å²) in [5, 5.41) is 16.6. The number of aliphatic imine (C=N–C) groups is 1. The van der Waals surface area contributed by atoms with Crippen molar-refractivity contribution in [2.75, 3.05) is 5.73 Å². The molecule has 0 saturated carbocycles. The first-order valence-corrected chi connectivity index (χ1v) is 4.93. The maximum Gasteiger partial charge on any atom is 0.324 e. The van der Waals surface area contributed by atoms with Gasteiger partial charge in [-0.05, 0) is 6.07 Å². The van der Waals surface area contributed by atoms with Gasteiger partial charge in [0.1, 0.15) is 0 Å². The van der Waals surface area contributed by atoms with Crippen LogP contribution in [-0.2, 0) is 0 Å². The predicted molar refractivity (Wildman–Crippen MR) is 59.0 cm³/mol. The van der Waals surface area contributed by atoms with Gasteiger partial charge in [0.15, 0.2) is 0 Å². The molecule has 2 rings (SSSR count). The predicted octanol–water partition coefficient (Wildman–Crippen LogP) is 1.11. The molecule has 0 atom stereocenters. The summed E-state index contributed by atoms with van der Waals surface area (Å²) in [5.74, 6) is 0.359. The SMILES string of the molecule is Nc1nc(/N=C/c2ccc([N+](=O)[O-])s2)n[nH]1. The van der Waals surface area contributed by atoms with E-state index in [0.29, 0.717) is 4.88 Å². The molecule has 0 bridgehead atoms. The van der Waals surface area contributed by atoms with Crippen LogP contribution in [0.4, 0.5) is 16.9 Å². The topological polar surface area (TPSA) is 123 Å². The van der Waals surface area contributed by atoms with E-state index in [4.69, 9.17) is 5.73 Å². The number of nitrogen functional groups attached to an aromatic ring is 1. The number of hydrogen-bond donors (Lipinski definition) is 2. The van der Waals surface area contributed by atoms with Crippen LogP contribution >= 0.6 is 11.3 Å². The Morgan fingerprint density at radius 3 is 3.00 bits per heavy atom. The number of aromatic nitrogens is 3. The molecule has 2 aromatic rings. The van der Waals surface area contributed by atoms with Gasteiger partial charge in [0.25, 0.3) is 5.95 Å². The molecule has 0 aromatic carbocycles. The molecule has 0 aliphatic rings. The van der Waals surface area contributed by atoms with E-state index in [1.54, 1.807) is 6.07 Å². The van der Waals surface area contributed by atoms with E-state index in [1.807, 2.05) is 0 Å². The highest BCUT2D eigenvalue weighted by Crippen LogP contribution is 2.22. The lowest BCUT2D eigenvalue weighted by molar-refractivity contribution is -0.380. The molecule has 0 saturated heterocycles. The Morgan fingerprint density at radius 2 is 2.44 bits per heavy atom. The van der Waals surface area contributed by atoms with E-state index < -0.39 is 4.92 Å². The van der Waals surface area contributed by atoms with E-state index in [2.05, 4.69) is 20.2 Å². The van der Waals surface area contributed by atoms with Gasteiger partial charge in [-0.2, -0.15) is 4.98 Å². The summed E-state index contributed by atoms with van der Waals surface area (Å²) in [5.41, 5.74) is 5.30. The maximum absolute atomic E-state index is 10.4. The van der Waals surface area contributed by atoms with Crippen LogP contribution in [0.3, 0.4) is 0 Å². The van der Waals surface area contributed by atoms with Crippen molar-refractivity contribution in [1.82, 2.24) is 15.2 Å². The number of nitrogens with one attached hydrogen (secondary N) is 1. The third kappa shape index (κ3) is 2.20. The molecule has 0 spiro atoms. The van der Waals surface area contributed by atoms with E-state index in [9.17, 15) is 10.1 Å². The fraction of sp³-hybridized carbons (Fsp3) is 0. The fourth-order valence-corrected chi connectivity index (χ4v) is 1.65. The zero-order valence-electron chi connectivity index (χ0n) is 7.82. The number of aromatic amines is 1. The average Bonchev–Trinajstić information content (AvgIpc) is 2.83. The number of H-pyrrole nitrogens is 1. The first-order chi connectivity index (χ1) is 7.65. The lowest BCUT2D eigenvalue weighted by Crippen LogP contribution is -1.84. The molecule has 0 aliphatic heterocycles. The second-order valence-corrected chi connectivity index (χ2v) is 3.81. The van der Waals surface area contributed by atoms with Gasteiger partial charge in [-0.25, -0.2) is 10.1 Å². The minimum atomic E-state index is -0.452.